The average molecular weight is 508 g/mol. The van der Waals surface area contributed by atoms with Crippen LogP contribution in [0.2, 0.25) is 10.2 Å². The maximum atomic E-state index is 12.8. The first-order valence-electron chi connectivity index (χ1n) is 11.0. The van der Waals surface area contributed by atoms with Crippen molar-refractivity contribution in [2.75, 3.05) is 19.0 Å². The zero-order valence-corrected chi connectivity index (χ0v) is 20.7. The number of benzene rings is 1. The van der Waals surface area contributed by atoms with E-state index in [0.29, 0.717) is 23.0 Å². The summed E-state index contributed by atoms with van der Waals surface area (Å²) in [6.07, 6.45) is 4.15. The number of aromatic amines is 1. The molecule has 0 spiro atoms. The van der Waals surface area contributed by atoms with Gasteiger partial charge in [-0.3, -0.25) is 10.3 Å². The Bertz CT molecular complexity index is 1240. The topological polar surface area (TPSA) is 118 Å². The first kappa shape index (κ1) is 25.6. The van der Waals surface area contributed by atoms with Gasteiger partial charge in [-0.15, -0.1) is 0 Å². The summed E-state index contributed by atoms with van der Waals surface area (Å²) in [6, 6.07) is 6.08. The van der Waals surface area contributed by atoms with E-state index in [9.17, 15) is 14.4 Å². The van der Waals surface area contributed by atoms with Gasteiger partial charge in [0.1, 0.15) is 10.7 Å². The second-order valence-electron chi connectivity index (χ2n) is 7.84. The fourth-order valence-corrected chi connectivity index (χ4v) is 4.17. The molecule has 0 bridgehead atoms. The Labute approximate surface area is 206 Å². The van der Waals surface area contributed by atoms with E-state index in [1.165, 1.54) is 7.11 Å². The van der Waals surface area contributed by atoms with Crippen LogP contribution in [0.3, 0.4) is 0 Å². The maximum absolute atomic E-state index is 12.8. The van der Waals surface area contributed by atoms with Crippen molar-refractivity contribution in [3.8, 4) is 11.1 Å². The molecular formula is C23H27Cl2N5O4. The third kappa shape index (κ3) is 5.53. The molecule has 0 saturated carbocycles. The van der Waals surface area contributed by atoms with Gasteiger partial charge >= 0.3 is 17.7 Å². The fraction of sp³-hybridized carbons (Fsp3) is 0.391. The number of carbonyl (C=O) groups excluding carboxylic acids is 2. The van der Waals surface area contributed by atoms with Crippen LogP contribution in [-0.2, 0) is 4.74 Å². The Morgan fingerprint density at radius 2 is 1.91 bits per heavy atom. The second kappa shape index (κ2) is 11.4. The molecule has 34 heavy (non-hydrogen) atoms. The van der Waals surface area contributed by atoms with Crippen molar-refractivity contribution in [3.05, 3.63) is 50.5 Å². The lowest BCUT2D eigenvalue weighted by atomic mass is 9.99. The van der Waals surface area contributed by atoms with Gasteiger partial charge in [0, 0.05) is 17.1 Å². The molecule has 182 valence electrons. The highest BCUT2D eigenvalue weighted by Crippen LogP contribution is 2.36. The van der Waals surface area contributed by atoms with E-state index in [4.69, 9.17) is 27.9 Å². The quantitative estimate of drug-likeness (QED) is 0.347. The number of hydrogen-bond acceptors (Lipinski definition) is 5. The summed E-state index contributed by atoms with van der Waals surface area (Å²) >= 11 is 12.5. The molecule has 0 aliphatic heterocycles. The van der Waals surface area contributed by atoms with Gasteiger partial charge in [-0.2, -0.15) is 4.98 Å². The molecule has 11 heteroatoms. The minimum atomic E-state index is -0.732. The van der Waals surface area contributed by atoms with Crippen LogP contribution in [0.25, 0.3) is 16.8 Å². The smallest absolute Gasteiger partial charge is 0.342 e. The normalized spacial score (nSPS) is 11.9. The third-order valence-electron chi connectivity index (χ3n) is 5.58. The molecule has 0 radical (unpaired) electrons. The van der Waals surface area contributed by atoms with E-state index in [1.54, 1.807) is 24.3 Å². The van der Waals surface area contributed by atoms with Gasteiger partial charge in [-0.05, 0) is 30.0 Å². The number of methoxy groups -OCH3 is 1. The number of hydrogen-bond donors (Lipinski definition) is 3. The number of nitrogens with zero attached hydrogens (tertiary/aromatic N) is 2. The first-order chi connectivity index (χ1) is 16.3. The molecule has 0 fully saturated rings. The average Bonchev–Trinajstić information content (AvgIpc) is 3.11. The van der Waals surface area contributed by atoms with Gasteiger partial charge in [0.05, 0.1) is 7.11 Å². The van der Waals surface area contributed by atoms with Crippen molar-refractivity contribution in [2.24, 2.45) is 5.92 Å². The van der Waals surface area contributed by atoms with E-state index < -0.39 is 17.7 Å². The van der Waals surface area contributed by atoms with Crippen LogP contribution in [0.1, 0.15) is 49.9 Å². The largest absolute Gasteiger partial charge is 0.465 e. The number of anilines is 1. The number of H-pyrrole nitrogens is 1. The van der Waals surface area contributed by atoms with Gasteiger partial charge in [-0.1, -0.05) is 68.4 Å². The Morgan fingerprint density at radius 1 is 1.21 bits per heavy atom. The molecule has 2 heterocycles. The number of carbonyl (C=O) groups is 2. The van der Waals surface area contributed by atoms with E-state index in [1.807, 2.05) is 0 Å². The number of urea groups is 1. The minimum Gasteiger partial charge on any atom is -0.465 e. The lowest BCUT2D eigenvalue weighted by Gasteiger charge is -2.15. The summed E-state index contributed by atoms with van der Waals surface area (Å²) in [5, 5.41) is 5.81. The van der Waals surface area contributed by atoms with Gasteiger partial charge in [-0.25, -0.2) is 18.8 Å². The number of ether oxygens (including phenoxy) is 1. The van der Waals surface area contributed by atoms with E-state index in [0.717, 1.165) is 30.1 Å². The molecule has 1 aromatic carbocycles. The molecule has 0 saturated heterocycles. The maximum Gasteiger partial charge on any atom is 0.342 e. The molecule has 0 aliphatic rings. The SMILES string of the molecule is CCCCC(CC)CNC(=O)Nc1nc2c(C(=O)OC)c(-c3ccc(Cl)cc3)c(Cl)n2c(=O)[nH]1. The predicted octanol–water partition coefficient (Wildman–Crippen LogP) is 5.12. The number of esters is 1. The van der Waals surface area contributed by atoms with E-state index in [2.05, 4.69) is 34.4 Å². The molecule has 3 N–H and O–H groups in total. The van der Waals surface area contributed by atoms with Crippen LogP contribution in [0.5, 0.6) is 0 Å². The van der Waals surface area contributed by atoms with Crippen molar-refractivity contribution >= 4 is 46.8 Å². The fourth-order valence-electron chi connectivity index (χ4n) is 3.68. The Kier molecular flexibility index (Phi) is 8.57. The third-order valence-corrected chi connectivity index (χ3v) is 6.19. The number of amides is 2. The molecule has 3 rings (SSSR count). The molecule has 1 unspecified atom stereocenters. The van der Waals surface area contributed by atoms with Crippen LogP contribution in [0.4, 0.5) is 10.7 Å². The second-order valence-corrected chi connectivity index (χ2v) is 8.63. The van der Waals surface area contributed by atoms with Crippen molar-refractivity contribution in [2.45, 2.75) is 39.5 Å². The molecular weight excluding hydrogens is 481 g/mol. The van der Waals surface area contributed by atoms with Gasteiger partial charge in [0.25, 0.3) is 0 Å². The number of aromatic nitrogens is 3. The number of rotatable bonds is 9. The summed E-state index contributed by atoms with van der Waals surface area (Å²) in [4.78, 5) is 44.7. The first-order valence-corrected chi connectivity index (χ1v) is 11.8. The number of halogens is 2. The zero-order chi connectivity index (χ0) is 24.8. The molecule has 9 nitrogen and oxygen atoms in total. The molecule has 3 aromatic rings. The van der Waals surface area contributed by atoms with Crippen molar-refractivity contribution < 1.29 is 14.3 Å². The molecule has 1 atom stereocenters. The predicted molar refractivity (Wildman–Crippen MR) is 133 cm³/mol. The van der Waals surface area contributed by atoms with E-state index >= 15 is 0 Å². The minimum absolute atomic E-state index is 0.00464. The zero-order valence-electron chi connectivity index (χ0n) is 19.2. The van der Waals surface area contributed by atoms with Crippen LogP contribution in [0.15, 0.2) is 29.1 Å². The summed E-state index contributed by atoms with van der Waals surface area (Å²) in [5.41, 5.74) is 0.0893. The van der Waals surface area contributed by atoms with Crippen LogP contribution >= 0.6 is 23.2 Å². The summed E-state index contributed by atoms with van der Waals surface area (Å²) < 4.78 is 5.98. The molecule has 2 amide bonds. The van der Waals surface area contributed by atoms with Crippen molar-refractivity contribution in [3.63, 3.8) is 0 Å². The van der Waals surface area contributed by atoms with Gasteiger partial charge in [0.2, 0.25) is 5.95 Å². The summed E-state index contributed by atoms with van der Waals surface area (Å²) in [5.74, 6) is -0.499. The Hall–Kier alpha value is -3.04. The van der Waals surface area contributed by atoms with Crippen LogP contribution < -0.4 is 16.3 Å². The van der Waals surface area contributed by atoms with E-state index in [-0.39, 0.29) is 27.9 Å². The van der Waals surface area contributed by atoms with Gasteiger partial charge in [0.15, 0.2) is 5.65 Å². The highest BCUT2D eigenvalue weighted by Gasteiger charge is 2.27. The summed E-state index contributed by atoms with van der Waals surface area (Å²) in [7, 11) is 1.22. The lowest BCUT2D eigenvalue weighted by Crippen LogP contribution is -2.34. The molecule has 2 aromatic heterocycles. The highest BCUT2D eigenvalue weighted by atomic mass is 35.5. The molecule has 0 aliphatic carbocycles. The Balaban J connectivity index is 1.97. The van der Waals surface area contributed by atoms with Crippen LogP contribution in [0, 0.1) is 5.92 Å². The number of nitrogens with one attached hydrogen (secondary N) is 3. The Morgan fingerprint density at radius 3 is 2.53 bits per heavy atom. The lowest BCUT2D eigenvalue weighted by molar-refractivity contribution is 0.0603. The standard InChI is InChI=1S/C23H27Cl2N5O4/c1-4-6-7-13(5-2)12-26-22(32)28-21-27-19-17(20(31)34-3)16(14-8-10-15(24)11-9-14)18(25)30(19)23(33)29-21/h8-11,13H,4-7,12H2,1-3H3,(H3,26,27,28,29,32,33). The number of fused-ring (bicyclic) bond motifs is 1. The van der Waals surface area contributed by atoms with Crippen molar-refractivity contribution in [1.82, 2.24) is 19.7 Å². The van der Waals surface area contributed by atoms with Crippen LogP contribution in [-0.4, -0.2) is 40.0 Å². The van der Waals surface area contributed by atoms with Crippen molar-refractivity contribution in [1.29, 1.82) is 0 Å². The summed E-state index contributed by atoms with van der Waals surface area (Å²) in [6.45, 7) is 4.70. The monoisotopic (exact) mass is 507 g/mol. The number of unbranched alkanes of at least 4 members (excludes halogenated alkanes) is 1. The van der Waals surface area contributed by atoms with Gasteiger partial charge < -0.3 is 10.1 Å². The highest BCUT2D eigenvalue weighted by molar-refractivity contribution is 6.34.